The number of piperazine rings is 1. The van der Waals surface area contributed by atoms with Gasteiger partial charge in [0.2, 0.25) is 0 Å². The van der Waals surface area contributed by atoms with Crippen LogP contribution >= 0.6 is 0 Å². The lowest BCUT2D eigenvalue weighted by molar-refractivity contribution is 0.102. The van der Waals surface area contributed by atoms with Gasteiger partial charge in [-0.25, -0.2) is 24.3 Å². The predicted molar refractivity (Wildman–Crippen MR) is 126 cm³/mol. The summed E-state index contributed by atoms with van der Waals surface area (Å²) in [5.41, 5.74) is 0.412. The number of pyridine rings is 2. The van der Waals surface area contributed by atoms with Crippen molar-refractivity contribution < 1.29 is 14.3 Å². The summed E-state index contributed by atoms with van der Waals surface area (Å²) in [5.74, 6) is 1.89. The second kappa shape index (κ2) is 9.18. The highest BCUT2D eigenvalue weighted by Gasteiger charge is 2.27. The number of nitrogens with zero attached hydrogens (tertiary/aromatic N) is 7. The average molecular weight is 465 g/mol. The number of rotatable bonds is 5. The van der Waals surface area contributed by atoms with Crippen LogP contribution in [0.1, 0.15) is 17.3 Å². The van der Waals surface area contributed by atoms with E-state index >= 15 is 0 Å². The fraction of sp³-hybridized carbons (Fsp3) is 0.348. The fourth-order valence-electron chi connectivity index (χ4n) is 4.13. The number of hydrogen-bond donors (Lipinski definition) is 2. The number of carbonyl (C=O) groups is 1. The summed E-state index contributed by atoms with van der Waals surface area (Å²) in [6.07, 6.45) is 5.61. The molecule has 2 N–H and O–H groups in total. The molecule has 0 unspecified atom stereocenters. The standard InChI is InChI=1S/C23H25FN8O2/c1-15-12-30(20-5-3-17(24)9-27-20)6-7-32(15)22-11-25-19(10-28-22)29-23(34)16-2-4-21(26-8-16)31-13-18(33)14-31/h2-5,8-11,15,18,33H,6-7,12-14H2,1H3,(H,25,29,34)/t15-/m0/s1. The van der Waals surface area contributed by atoms with Gasteiger partial charge in [0.25, 0.3) is 5.91 Å². The first-order valence-electron chi connectivity index (χ1n) is 11.1. The lowest BCUT2D eigenvalue weighted by Crippen LogP contribution is -2.52. The molecule has 10 nitrogen and oxygen atoms in total. The van der Waals surface area contributed by atoms with Crippen LogP contribution in [0.5, 0.6) is 0 Å². The van der Waals surface area contributed by atoms with Gasteiger partial charge in [0.1, 0.15) is 23.3 Å². The first kappa shape index (κ1) is 22.0. The minimum atomic E-state index is -0.349. The summed E-state index contributed by atoms with van der Waals surface area (Å²) in [4.78, 5) is 36.1. The number of halogens is 1. The van der Waals surface area contributed by atoms with E-state index in [2.05, 4.69) is 42.0 Å². The monoisotopic (exact) mass is 464 g/mol. The molecule has 176 valence electrons. The van der Waals surface area contributed by atoms with Gasteiger partial charge in [-0.05, 0) is 31.2 Å². The van der Waals surface area contributed by atoms with E-state index in [1.807, 2.05) is 4.90 Å². The Hall–Kier alpha value is -3.86. The van der Waals surface area contributed by atoms with Crippen LogP contribution in [0.4, 0.5) is 27.7 Å². The maximum atomic E-state index is 13.2. The molecule has 5 heterocycles. The van der Waals surface area contributed by atoms with E-state index in [9.17, 15) is 14.3 Å². The van der Waals surface area contributed by atoms with Crippen molar-refractivity contribution in [2.75, 3.05) is 52.7 Å². The molecule has 2 fully saturated rings. The highest BCUT2D eigenvalue weighted by molar-refractivity contribution is 6.03. The fourth-order valence-corrected chi connectivity index (χ4v) is 4.13. The summed E-state index contributed by atoms with van der Waals surface area (Å²) < 4.78 is 13.2. The van der Waals surface area contributed by atoms with Gasteiger partial charge in [-0.3, -0.25) is 4.79 Å². The second-order valence-corrected chi connectivity index (χ2v) is 8.50. The lowest BCUT2D eigenvalue weighted by atomic mass is 10.1. The second-order valence-electron chi connectivity index (χ2n) is 8.50. The van der Waals surface area contributed by atoms with Crippen LogP contribution in [0.25, 0.3) is 0 Å². The topological polar surface area (TPSA) is 111 Å². The summed E-state index contributed by atoms with van der Waals surface area (Å²) >= 11 is 0. The highest BCUT2D eigenvalue weighted by Crippen LogP contribution is 2.22. The molecule has 0 aliphatic carbocycles. The SMILES string of the molecule is C[C@H]1CN(c2ccc(F)cn2)CCN1c1cnc(NC(=O)c2ccc(N3CC(O)C3)nc2)cn1. The molecule has 0 aromatic carbocycles. The molecule has 2 saturated heterocycles. The zero-order valence-corrected chi connectivity index (χ0v) is 18.7. The third-order valence-corrected chi connectivity index (χ3v) is 6.03. The van der Waals surface area contributed by atoms with Crippen LogP contribution in [0.2, 0.25) is 0 Å². The Balaban J connectivity index is 1.17. The average Bonchev–Trinajstić information content (AvgIpc) is 2.83. The normalized spacial score (nSPS) is 18.6. The molecule has 5 rings (SSSR count). The number of β-amino-alcohol motifs (C(OH)–C–C–N with tert-alkyl or cyclic N) is 1. The number of amides is 1. The minimum absolute atomic E-state index is 0.146. The Bertz CT molecular complexity index is 1140. The molecule has 0 bridgehead atoms. The quantitative estimate of drug-likeness (QED) is 0.581. The number of aliphatic hydroxyl groups excluding tert-OH is 1. The van der Waals surface area contributed by atoms with Crippen molar-refractivity contribution in [1.82, 2.24) is 19.9 Å². The third-order valence-electron chi connectivity index (χ3n) is 6.03. The molecule has 2 aliphatic rings. The van der Waals surface area contributed by atoms with E-state index in [1.165, 1.54) is 24.7 Å². The van der Waals surface area contributed by atoms with E-state index in [0.29, 0.717) is 31.0 Å². The molecule has 3 aromatic heterocycles. The molecular weight excluding hydrogens is 439 g/mol. The predicted octanol–water partition coefficient (Wildman–Crippen LogP) is 1.55. The highest BCUT2D eigenvalue weighted by atomic mass is 19.1. The Kier molecular flexibility index (Phi) is 5.93. The maximum absolute atomic E-state index is 13.2. The van der Waals surface area contributed by atoms with Gasteiger partial charge in [-0.2, -0.15) is 0 Å². The number of hydrogen-bond acceptors (Lipinski definition) is 9. The largest absolute Gasteiger partial charge is 0.389 e. The maximum Gasteiger partial charge on any atom is 0.258 e. The number of aromatic nitrogens is 4. The Morgan fingerprint density at radius 3 is 2.26 bits per heavy atom. The van der Waals surface area contributed by atoms with Gasteiger partial charge >= 0.3 is 0 Å². The molecule has 2 aliphatic heterocycles. The minimum Gasteiger partial charge on any atom is -0.389 e. The van der Waals surface area contributed by atoms with Crippen LogP contribution < -0.4 is 20.0 Å². The van der Waals surface area contributed by atoms with Gasteiger partial charge in [0.05, 0.1) is 30.3 Å². The van der Waals surface area contributed by atoms with E-state index in [4.69, 9.17) is 0 Å². The van der Waals surface area contributed by atoms with Crippen molar-refractivity contribution in [3.63, 3.8) is 0 Å². The molecule has 0 saturated carbocycles. The van der Waals surface area contributed by atoms with Crippen molar-refractivity contribution in [3.8, 4) is 0 Å². The van der Waals surface area contributed by atoms with Crippen LogP contribution in [-0.4, -0.2) is 75.8 Å². The van der Waals surface area contributed by atoms with Gasteiger partial charge in [-0.1, -0.05) is 0 Å². The summed E-state index contributed by atoms with van der Waals surface area (Å²) in [6.45, 7) is 5.35. The Morgan fingerprint density at radius 1 is 0.912 bits per heavy atom. The summed E-state index contributed by atoms with van der Waals surface area (Å²) in [7, 11) is 0. The first-order chi connectivity index (χ1) is 16.5. The zero-order valence-electron chi connectivity index (χ0n) is 18.7. The van der Waals surface area contributed by atoms with Crippen LogP contribution in [0, 0.1) is 5.82 Å². The van der Waals surface area contributed by atoms with Crippen LogP contribution in [-0.2, 0) is 0 Å². The molecule has 1 amide bonds. The van der Waals surface area contributed by atoms with Crippen LogP contribution in [0.3, 0.4) is 0 Å². The molecule has 1 atom stereocenters. The van der Waals surface area contributed by atoms with Crippen molar-refractivity contribution >= 4 is 29.2 Å². The van der Waals surface area contributed by atoms with E-state index in [-0.39, 0.29) is 23.9 Å². The van der Waals surface area contributed by atoms with Crippen molar-refractivity contribution in [1.29, 1.82) is 0 Å². The number of anilines is 4. The molecule has 11 heteroatoms. The van der Waals surface area contributed by atoms with Gasteiger partial charge in [-0.15, -0.1) is 0 Å². The van der Waals surface area contributed by atoms with Crippen molar-refractivity contribution in [2.45, 2.75) is 19.1 Å². The van der Waals surface area contributed by atoms with Crippen LogP contribution in [0.15, 0.2) is 49.1 Å². The molecule has 0 spiro atoms. The van der Waals surface area contributed by atoms with E-state index < -0.39 is 0 Å². The summed E-state index contributed by atoms with van der Waals surface area (Å²) in [5, 5.41) is 12.2. The zero-order chi connectivity index (χ0) is 23.7. The van der Waals surface area contributed by atoms with E-state index in [0.717, 1.165) is 30.5 Å². The number of nitrogens with one attached hydrogen (secondary N) is 1. The lowest BCUT2D eigenvalue weighted by Gasteiger charge is -2.40. The van der Waals surface area contributed by atoms with Crippen molar-refractivity contribution in [3.05, 3.63) is 60.4 Å². The number of carbonyl (C=O) groups excluding carboxylic acids is 1. The smallest absolute Gasteiger partial charge is 0.258 e. The van der Waals surface area contributed by atoms with E-state index in [1.54, 1.807) is 24.4 Å². The van der Waals surface area contributed by atoms with Gasteiger partial charge in [0, 0.05) is 45.0 Å². The Morgan fingerprint density at radius 2 is 1.65 bits per heavy atom. The van der Waals surface area contributed by atoms with Gasteiger partial charge in [0.15, 0.2) is 5.82 Å². The number of aliphatic hydroxyl groups is 1. The molecule has 0 radical (unpaired) electrons. The molecular formula is C23H25FN8O2. The van der Waals surface area contributed by atoms with Gasteiger partial charge < -0.3 is 25.1 Å². The molecule has 3 aromatic rings. The Labute approximate surface area is 196 Å². The van der Waals surface area contributed by atoms with Crippen molar-refractivity contribution in [2.24, 2.45) is 0 Å². The first-order valence-corrected chi connectivity index (χ1v) is 11.1. The summed E-state index contributed by atoms with van der Waals surface area (Å²) in [6, 6.07) is 6.71. The molecule has 34 heavy (non-hydrogen) atoms. The third kappa shape index (κ3) is 4.60.